The number of sulfonamides is 1. The minimum absolute atomic E-state index is 0. The molecule has 1 aromatic carbocycles. The van der Waals surface area contributed by atoms with Gasteiger partial charge in [0, 0.05) is 25.0 Å². The van der Waals surface area contributed by atoms with E-state index in [0.29, 0.717) is 25.9 Å². The Bertz CT molecular complexity index is 804. The predicted octanol–water partition coefficient (Wildman–Crippen LogP) is 1.91. The first-order chi connectivity index (χ1) is 12.9. The van der Waals surface area contributed by atoms with Crippen molar-refractivity contribution in [3.63, 3.8) is 0 Å². The highest BCUT2D eigenvalue weighted by atomic mass is 35.5. The zero-order valence-corrected chi connectivity index (χ0v) is 17.3. The third-order valence-corrected chi connectivity index (χ3v) is 7.88. The lowest BCUT2D eigenvalue weighted by Gasteiger charge is -2.33. The molecule has 1 unspecified atom stereocenters. The number of hydrogen-bond donors (Lipinski definition) is 2. The second kappa shape index (κ2) is 8.26. The molecule has 28 heavy (non-hydrogen) atoms. The largest absolute Gasteiger partial charge is 0.342 e. The van der Waals surface area contributed by atoms with Crippen LogP contribution in [-0.2, 0) is 14.8 Å². The molecule has 1 atom stereocenters. The molecule has 2 aliphatic heterocycles. The van der Waals surface area contributed by atoms with E-state index in [9.17, 15) is 17.6 Å². The normalized spacial score (nSPS) is 24.6. The molecule has 6 nitrogen and oxygen atoms in total. The lowest BCUT2D eigenvalue weighted by atomic mass is 9.91. The van der Waals surface area contributed by atoms with Gasteiger partial charge in [-0.25, -0.2) is 17.5 Å². The van der Waals surface area contributed by atoms with Gasteiger partial charge in [-0.05, 0) is 74.9 Å². The molecule has 1 aromatic rings. The second-order valence-electron chi connectivity index (χ2n) is 8.04. The molecule has 1 saturated carbocycles. The van der Waals surface area contributed by atoms with Gasteiger partial charge in [0.05, 0.1) is 4.90 Å². The summed E-state index contributed by atoms with van der Waals surface area (Å²) in [5, 5.41) is 3.35. The smallest absolute Gasteiger partial charge is 0.240 e. The molecule has 2 heterocycles. The summed E-state index contributed by atoms with van der Waals surface area (Å²) in [5.41, 5.74) is 0.226. The molecule has 2 saturated heterocycles. The molecule has 0 aromatic heterocycles. The van der Waals surface area contributed by atoms with E-state index >= 15 is 0 Å². The Kier molecular flexibility index (Phi) is 6.34. The van der Waals surface area contributed by atoms with Crippen molar-refractivity contribution in [2.45, 2.75) is 43.0 Å². The average Bonchev–Trinajstić information content (AvgIpc) is 3.35. The van der Waals surface area contributed by atoms with E-state index in [-0.39, 0.29) is 40.6 Å². The second-order valence-corrected chi connectivity index (χ2v) is 9.76. The summed E-state index contributed by atoms with van der Waals surface area (Å²) >= 11 is 0. The van der Waals surface area contributed by atoms with Crippen LogP contribution in [-0.4, -0.2) is 51.4 Å². The van der Waals surface area contributed by atoms with Crippen molar-refractivity contribution >= 4 is 28.3 Å². The minimum atomic E-state index is -3.67. The number of nitrogens with one attached hydrogen (secondary N) is 2. The summed E-state index contributed by atoms with van der Waals surface area (Å²) < 4.78 is 40.5. The van der Waals surface area contributed by atoms with E-state index in [1.165, 1.54) is 12.1 Å². The molecule has 2 N–H and O–H groups in total. The standard InChI is InChI=1S/C19H26FN3O3S.ClH/c20-14-1-3-16(4-2-14)27(25,26)22-15-5-11-23(12-6-15)18(24)17-13-19(17)7-9-21-10-8-19;/h1-4,15,17,21-22H,5-13H2;1H. The summed E-state index contributed by atoms with van der Waals surface area (Å²) in [6.07, 6.45) is 4.38. The van der Waals surface area contributed by atoms with E-state index < -0.39 is 15.8 Å². The first-order valence-electron chi connectivity index (χ1n) is 9.67. The van der Waals surface area contributed by atoms with E-state index in [0.717, 1.165) is 44.5 Å². The summed E-state index contributed by atoms with van der Waals surface area (Å²) in [7, 11) is -3.67. The van der Waals surface area contributed by atoms with Gasteiger partial charge >= 0.3 is 0 Å². The molecule has 1 aliphatic carbocycles. The molecule has 3 aliphatic rings. The highest BCUT2D eigenvalue weighted by Gasteiger charge is 2.58. The van der Waals surface area contributed by atoms with Crippen LogP contribution in [0.3, 0.4) is 0 Å². The fourth-order valence-corrected chi connectivity index (χ4v) is 5.82. The molecule has 156 valence electrons. The number of amides is 1. The van der Waals surface area contributed by atoms with Crippen molar-refractivity contribution in [3.8, 4) is 0 Å². The molecule has 0 bridgehead atoms. The Balaban J connectivity index is 0.00000225. The Morgan fingerprint density at radius 1 is 1.14 bits per heavy atom. The first kappa shape index (κ1) is 21.5. The van der Waals surface area contributed by atoms with Crippen LogP contribution in [0.2, 0.25) is 0 Å². The Hall–Kier alpha value is -1.22. The third kappa shape index (κ3) is 4.35. The SMILES string of the molecule is Cl.O=C(C1CC12CCNCC2)N1CCC(NS(=O)(=O)c2ccc(F)cc2)CC1. The number of likely N-dealkylation sites (tertiary alicyclic amines) is 1. The minimum Gasteiger partial charge on any atom is -0.342 e. The number of carbonyl (C=O) groups is 1. The van der Waals surface area contributed by atoms with Gasteiger partial charge < -0.3 is 10.2 Å². The maximum atomic E-state index is 13.0. The number of carbonyl (C=O) groups excluding carboxylic acids is 1. The van der Waals surface area contributed by atoms with Gasteiger partial charge in [0.1, 0.15) is 5.82 Å². The number of hydrogen-bond acceptors (Lipinski definition) is 4. The maximum Gasteiger partial charge on any atom is 0.240 e. The fraction of sp³-hybridized carbons (Fsp3) is 0.632. The van der Waals surface area contributed by atoms with Crippen LogP contribution in [0.25, 0.3) is 0 Å². The van der Waals surface area contributed by atoms with E-state index in [4.69, 9.17) is 0 Å². The zero-order valence-electron chi connectivity index (χ0n) is 15.7. The number of nitrogens with zero attached hydrogens (tertiary/aromatic N) is 1. The van der Waals surface area contributed by atoms with Crippen LogP contribution in [0.4, 0.5) is 4.39 Å². The summed E-state index contributed by atoms with van der Waals surface area (Å²) in [4.78, 5) is 14.8. The van der Waals surface area contributed by atoms with E-state index in [1.807, 2.05) is 4.90 Å². The number of piperidine rings is 2. The van der Waals surface area contributed by atoms with Crippen molar-refractivity contribution in [2.24, 2.45) is 11.3 Å². The van der Waals surface area contributed by atoms with Gasteiger partial charge in [-0.1, -0.05) is 0 Å². The molecule has 1 amide bonds. The van der Waals surface area contributed by atoms with Gasteiger partial charge in [-0.2, -0.15) is 0 Å². The van der Waals surface area contributed by atoms with Gasteiger partial charge in [0.25, 0.3) is 0 Å². The molecule has 9 heteroatoms. The molecule has 3 fully saturated rings. The molecular weight excluding hydrogens is 405 g/mol. The van der Waals surface area contributed by atoms with Crippen molar-refractivity contribution in [1.82, 2.24) is 14.9 Å². The first-order valence-corrected chi connectivity index (χ1v) is 11.2. The highest BCUT2D eigenvalue weighted by Crippen LogP contribution is 2.59. The van der Waals surface area contributed by atoms with Gasteiger partial charge in [-0.3, -0.25) is 4.79 Å². The third-order valence-electron chi connectivity index (χ3n) is 6.34. The van der Waals surface area contributed by atoms with Gasteiger partial charge in [0.2, 0.25) is 15.9 Å². The lowest BCUT2D eigenvalue weighted by molar-refractivity contribution is -0.134. The van der Waals surface area contributed by atoms with Gasteiger partial charge in [0.15, 0.2) is 0 Å². The average molecular weight is 432 g/mol. The molecule has 0 radical (unpaired) electrons. The van der Waals surface area contributed by atoms with Crippen LogP contribution in [0.1, 0.15) is 32.1 Å². The highest BCUT2D eigenvalue weighted by molar-refractivity contribution is 7.89. The van der Waals surface area contributed by atoms with Gasteiger partial charge in [-0.15, -0.1) is 12.4 Å². The lowest BCUT2D eigenvalue weighted by Crippen LogP contribution is -2.47. The quantitative estimate of drug-likeness (QED) is 0.763. The van der Waals surface area contributed by atoms with Crippen LogP contribution in [0.5, 0.6) is 0 Å². The van der Waals surface area contributed by atoms with Crippen LogP contribution >= 0.6 is 12.4 Å². The monoisotopic (exact) mass is 431 g/mol. The maximum absolute atomic E-state index is 13.0. The fourth-order valence-electron chi connectivity index (χ4n) is 4.51. The topological polar surface area (TPSA) is 78.5 Å². The molecular formula is C19H27ClFN3O3S. The summed E-state index contributed by atoms with van der Waals surface area (Å²) in [6, 6.07) is 4.62. The number of halogens is 2. The Labute approximate surface area is 171 Å². The summed E-state index contributed by atoms with van der Waals surface area (Å²) in [6.45, 7) is 3.16. The van der Waals surface area contributed by atoms with Crippen molar-refractivity contribution in [2.75, 3.05) is 26.2 Å². The van der Waals surface area contributed by atoms with Crippen molar-refractivity contribution in [3.05, 3.63) is 30.1 Å². The Morgan fingerprint density at radius 3 is 2.36 bits per heavy atom. The predicted molar refractivity (Wildman–Crippen MR) is 106 cm³/mol. The van der Waals surface area contributed by atoms with Crippen LogP contribution in [0, 0.1) is 17.2 Å². The zero-order chi connectivity index (χ0) is 19.1. The van der Waals surface area contributed by atoms with Crippen LogP contribution < -0.4 is 10.0 Å². The molecule has 1 spiro atoms. The van der Waals surface area contributed by atoms with E-state index in [2.05, 4.69) is 10.0 Å². The number of rotatable bonds is 4. The Morgan fingerprint density at radius 2 is 1.75 bits per heavy atom. The number of benzene rings is 1. The molecule has 4 rings (SSSR count). The summed E-state index contributed by atoms with van der Waals surface area (Å²) in [5.74, 6) is -0.0591. The van der Waals surface area contributed by atoms with Crippen LogP contribution in [0.15, 0.2) is 29.2 Å². The van der Waals surface area contributed by atoms with Crippen molar-refractivity contribution < 1.29 is 17.6 Å². The van der Waals surface area contributed by atoms with Crippen molar-refractivity contribution in [1.29, 1.82) is 0 Å². The van der Waals surface area contributed by atoms with E-state index in [1.54, 1.807) is 0 Å².